The number of thiophene rings is 1. The van der Waals surface area contributed by atoms with Crippen LogP contribution in [0.4, 0.5) is 5.69 Å². The van der Waals surface area contributed by atoms with Crippen molar-refractivity contribution in [3.8, 4) is 0 Å². The molecule has 0 radical (unpaired) electrons. The number of amides is 2. The van der Waals surface area contributed by atoms with Crippen molar-refractivity contribution in [2.75, 3.05) is 31.6 Å². The van der Waals surface area contributed by atoms with Gasteiger partial charge < -0.3 is 25.4 Å². The number of carbonyl (C=O) groups is 3. The number of rotatable bonds is 10. The minimum atomic E-state index is -0.869. The molecule has 3 heterocycles. The van der Waals surface area contributed by atoms with Crippen LogP contribution in [0.15, 0.2) is 29.6 Å². The molecule has 1 saturated heterocycles. The maximum atomic E-state index is 13.1. The number of primary amides is 1. The van der Waals surface area contributed by atoms with Gasteiger partial charge in [-0.3, -0.25) is 19.3 Å². The number of nitrogens with one attached hydrogen (secondary N) is 1. The second-order valence-corrected chi connectivity index (χ2v) is 11.4. The van der Waals surface area contributed by atoms with Gasteiger partial charge in [0.05, 0.1) is 30.3 Å². The Morgan fingerprint density at radius 2 is 1.84 bits per heavy atom. The lowest BCUT2D eigenvalue weighted by Crippen LogP contribution is -2.45. The highest BCUT2D eigenvalue weighted by atomic mass is 32.1. The molecule has 0 aliphatic carbocycles. The zero-order valence-corrected chi connectivity index (χ0v) is 22.6. The average molecular weight is 529 g/mol. The molecule has 1 fully saturated rings. The lowest BCUT2D eigenvalue weighted by Gasteiger charge is -2.26. The van der Waals surface area contributed by atoms with E-state index >= 15 is 0 Å². The van der Waals surface area contributed by atoms with Crippen LogP contribution >= 0.6 is 11.3 Å². The van der Waals surface area contributed by atoms with Crippen LogP contribution in [0.1, 0.15) is 60.0 Å². The van der Waals surface area contributed by atoms with E-state index in [1.165, 1.54) is 21.8 Å². The van der Waals surface area contributed by atoms with E-state index in [2.05, 4.69) is 34.5 Å². The summed E-state index contributed by atoms with van der Waals surface area (Å²) < 4.78 is 10.7. The highest BCUT2D eigenvalue weighted by Crippen LogP contribution is 2.37. The van der Waals surface area contributed by atoms with Crippen molar-refractivity contribution >= 4 is 34.8 Å². The van der Waals surface area contributed by atoms with Crippen LogP contribution in [0, 0.1) is 0 Å². The van der Waals surface area contributed by atoms with Crippen LogP contribution in [0.3, 0.4) is 0 Å². The van der Waals surface area contributed by atoms with Gasteiger partial charge >= 0.3 is 5.97 Å². The Bertz CT molecular complexity index is 1120. The van der Waals surface area contributed by atoms with Gasteiger partial charge in [0.25, 0.3) is 5.91 Å². The number of ether oxygens (including phenoxy) is 2. The van der Waals surface area contributed by atoms with Crippen molar-refractivity contribution in [2.24, 2.45) is 5.73 Å². The van der Waals surface area contributed by atoms with Crippen molar-refractivity contribution in [1.82, 2.24) is 9.80 Å². The van der Waals surface area contributed by atoms with Crippen molar-refractivity contribution in [3.05, 3.63) is 51.2 Å². The fraction of sp³-hybridized carbons (Fsp3) is 0.519. The lowest BCUT2D eigenvalue weighted by atomic mass is 10.1. The maximum Gasteiger partial charge on any atom is 0.306 e. The highest BCUT2D eigenvalue weighted by molar-refractivity contribution is 7.12. The van der Waals surface area contributed by atoms with Gasteiger partial charge in [-0.05, 0) is 38.3 Å². The van der Waals surface area contributed by atoms with Crippen molar-refractivity contribution in [3.63, 3.8) is 0 Å². The maximum absolute atomic E-state index is 13.1. The number of carbonyl (C=O) groups excluding carboxylic acids is 3. The highest BCUT2D eigenvalue weighted by Gasteiger charge is 2.38. The first-order valence-electron chi connectivity index (χ1n) is 12.6. The SMILES string of the molecule is CC(C)(C)OC(=O)CC[C@@H](C(N)=O)N1Cc2c(NCc3ccc(CN4CCOCC4)cc3)csc2C1=O. The molecule has 0 spiro atoms. The second kappa shape index (κ2) is 11.6. The predicted molar refractivity (Wildman–Crippen MR) is 142 cm³/mol. The summed E-state index contributed by atoms with van der Waals surface area (Å²) in [5.41, 5.74) is 9.17. The number of morpholine rings is 1. The number of hydrogen-bond acceptors (Lipinski definition) is 8. The van der Waals surface area contributed by atoms with Crippen LogP contribution < -0.4 is 11.1 Å². The minimum Gasteiger partial charge on any atom is -0.460 e. The van der Waals surface area contributed by atoms with Gasteiger partial charge in [-0.1, -0.05) is 24.3 Å². The van der Waals surface area contributed by atoms with Gasteiger partial charge in [0.1, 0.15) is 11.6 Å². The molecular weight excluding hydrogens is 492 g/mol. The van der Waals surface area contributed by atoms with Crippen LogP contribution in [0.25, 0.3) is 0 Å². The Morgan fingerprint density at radius 3 is 2.49 bits per heavy atom. The largest absolute Gasteiger partial charge is 0.460 e. The number of hydrogen-bond donors (Lipinski definition) is 2. The standard InChI is InChI=1S/C27H36N4O5S/c1-27(2,3)36-23(32)9-8-22(25(28)33)31-16-20-21(17-37-24(20)26(31)34)29-14-18-4-6-19(7-5-18)15-30-10-12-35-13-11-30/h4-7,17,22,29H,8-16H2,1-3H3,(H2,28,33)/t22-/m0/s1. The molecule has 1 atom stereocenters. The van der Waals surface area contributed by atoms with Crippen LogP contribution in [-0.2, 0) is 38.7 Å². The molecule has 0 saturated carbocycles. The van der Waals surface area contributed by atoms with E-state index in [4.69, 9.17) is 15.2 Å². The number of esters is 1. The molecule has 37 heavy (non-hydrogen) atoms. The molecule has 1 aromatic heterocycles. The Hall–Kier alpha value is -2.95. The molecule has 2 aromatic rings. The van der Waals surface area contributed by atoms with Gasteiger partial charge in [0, 0.05) is 43.5 Å². The summed E-state index contributed by atoms with van der Waals surface area (Å²) >= 11 is 1.36. The van der Waals surface area contributed by atoms with Gasteiger partial charge in [0.2, 0.25) is 5.91 Å². The van der Waals surface area contributed by atoms with Crippen molar-refractivity contribution in [2.45, 2.75) is 64.9 Å². The van der Waals surface area contributed by atoms with E-state index in [9.17, 15) is 14.4 Å². The van der Waals surface area contributed by atoms with E-state index in [0.717, 1.165) is 49.7 Å². The van der Waals surface area contributed by atoms with Gasteiger partial charge in [-0.15, -0.1) is 11.3 Å². The smallest absolute Gasteiger partial charge is 0.306 e. The fourth-order valence-corrected chi connectivity index (χ4v) is 5.56. The molecule has 4 rings (SSSR count). The van der Waals surface area contributed by atoms with Gasteiger partial charge in [-0.25, -0.2) is 0 Å². The lowest BCUT2D eigenvalue weighted by molar-refractivity contribution is -0.155. The topological polar surface area (TPSA) is 114 Å². The summed E-state index contributed by atoms with van der Waals surface area (Å²) in [6.45, 7) is 10.7. The molecule has 200 valence electrons. The Morgan fingerprint density at radius 1 is 1.16 bits per heavy atom. The second-order valence-electron chi connectivity index (χ2n) is 10.5. The van der Waals surface area contributed by atoms with Crippen LogP contribution in [-0.4, -0.2) is 65.5 Å². The molecule has 10 heteroatoms. The van der Waals surface area contributed by atoms with Crippen molar-refractivity contribution < 1.29 is 23.9 Å². The van der Waals surface area contributed by atoms with Crippen molar-refractivity contribution in [1.29, 1.82) is 0 Å². The number of nitrogens with two attached hydrogens (primary N) is 1. The Labute approximate surface area is 221 Å². The Balaban J connectivity index is 1.34. The molecule has 3 N–H and O–H groups in total. The zero-order chi connectivity index (χ0) is 26.6. The molecule has 9 nitrogen and oxygen atoms in total. The van der Waals surface area contributed by atoms with E-state index in [-0.39, 0.29) is 25.3 Å². The summed E-state index contributed by atoms with van der Waals surface area (Å²) in [7, 11) is 0. The molecule has 2 amide bonds. The minimum absolute atomic E-state index is 0.00887. The van der Waals surface area contributed by atoms with E-state index < -0.39 is 23.5 Å². The fourth-order valence-electron chi connectivity index (χ4n) is 4.57. The zero-order valence-electron chi connectivity index (χ0n) is 21.7. The quantitative estimate of drug-likeness (QED) is 0.456. The number of fused-ring (bicyclic) bond motifs is 1. The average Bonchev–Trinajstić information content (AvgIpc) is 3.38. The van der Waals surface area contributed by atoms with Gasteiger partial charge in [0.15, 0.2) is 0 Å². The normalized spacial score (nSPS) is 16.9. The molecule has 1 aromatic carbocycles. The summed E-state index contributed by atoms with van der Waals surface area (Å²) in [6, 6.07) is 7.67. The first-order valence-corrected chi connectivity index (χ1v) is 13.5. The molecule has 0 bridgehead atoms. The summed E-state index contributed by atoms with van der Waals surface area (Å²) in [5.74, 6) is -1.27. The third-order valence-corrected chi connectivity index (χ3v) is 7.45. The summed E-state index contributed by atoms with van der Waals surface area (Å²) in [6.07, 6.45) is 0.138. The molecular formula is C27H36N4O5S. The summed E-state index contributed by atoms with van der Waals surface area (Å²) in [4.78, 5) is 41.9. The predicted octanol–water partition coefficient (Wildman–Crippen LogP) is 3.12. The van der Waals surface area contributed by atoms with E-state index in [1.807, 2.05) is 5.38 Å². The first kappa shape index (κ1) is 27.1. The van der Waals surface area contributed by atoms with E-state index in [0.29, 0.717) is 11.4 Å². The molecule has 0 unspecified atom stereocenters. The number of benzene rings is 1. The number of nitrogens with zero attached hydrogens (tertiary/aromatic N) is 2. The third kappa shape index (κ3) is 7.09. The number of anilines is 1. The third-order valence-electron chi connectivity index (χ3n) is 6.44. The van der Waals surface area contributed by atoms with Crippen LogP contribution in [0.5, 0.6) is 0 Å². The molecule has 2 aliphatic rings. The summed E-state index contributed by atoms with van der Waals surface area (Å²) in [5, 5.41) is 5.38. The molecule has 2 aliphatic heterocycles. The first-order chi connectivity index (χ1) is 17.6. The van der Waals surface area contributed by atoms with Crippen LogP contribution in [0.2, 0.25) is 0 Å². The Kier molecular flexibility index (Phi) is 8.51. The van der Waals surface area contributed by atoms with Gasteiger partial charge in [-0.2, -0.15) is 0 Å². The monoisotopic (exact) mass is 528 g/mol. The van der Waals surface area contributed by atoms with E-state index in [1.54, 1.807) is 20.8 Å².